The molecule has 176 valence electrons. The highest BCUT2D eigenvalue weighted by Crippen LogP contribution is 2.35. The number of sulfonamides is 1. The first-order chi connectivity index (χ1) is 15.8. The molecule has 2 atom stereocenters. The van der Waals surface area contributed by atoms with Crippen molar-refractivity contribution in [2.24, 2.45) is 0 Å². The minimum absolute atomic E-state index is 0.0133. The van der Waals surface area contributed by atoms with Crippen molar-refractivity contribution in [3.05, 3.63) is 48.5 Å². The normalized spacial score (nSPS) is 19.0. The zero-order valence-electron chi connectivity index (χ0n) is 18.5. The quantitative estimate of drug-likeness (QED) is 0.592. The van der Waals surface area contributed by atoms with Gasteiger partial charge in [0.15, 0.2) is 17.6 Å². The van der Waals surface area contributed by atoms with Crippen LogP contribution in [0.5, 0.6) is 11.5 Å². The number of hydrogen-bond donors (Lipinski definition) is 0. The molecule has 0 N–H and O–H groups in total. The number of hydrogen-bond acceptors (Lipinski definition) is 7. The van der Waals surface area contributed by atoms with Crippen LogP contribution in [-0.2, 0) is 24.3 Å². The van der Waals surface area contributed by atoms with Crippen molar-refractivity contribution in [2.45, 2.75) is 36.8 Å². The molecule has 0 bridgehead atoms. The average molecular weight is 475 g/mol. The van der Waals surface area contributed by atoms with E-state index in [4.69, 9.17) is 14.2 Å². The van der Waals surface area contributed by atoms with E-state index in [0.29, 0.717) is 43.2 Å². The highest BCUT2D eigenvalue weighted by atomic mass is 32.2. The van der Waals surface area contributed by atoms with Crippen LogP contribution < -0.4 is 14.4 Å². The molecule has 2 aromatic rings. The standard InChI is InChI=1S/C23H26N2O7S/c1-16(22(26)24(2)17-7-4-3-5-8-17)32-23(27)19-9-6-12-25(19)33(28,29)18-10-11-20-21(15-18)31-14-13-30-20/h3-5,7-8,10-11,15-16,19H,6,9,12-14H2,1-2H3/t16-,19+/m1/s1. The van der Waals surface area contributed by atoms with Crippen molar-refractivity contribution in [1.29, 1.82) is 0 Å². The van der Waals surface area contributed by atoms with Crippen LogP contribution in [-0.4, -0.2) is 63.6 Å². The van der Waals surface area contributed by atoms with Gasteiger partial charge in [0.2, 0.25) is 10.0 Å². The van der Waals surface area contributed by atoms with E-state index >= 15 is 0 Å². The molecule has 0 unspecified atom stereocenters. The number of carbonyl (C=O) groups excluding carboxylic acids is 2. The summed E-state index contributed by atoms with van der Waals surface area (Å²) in [6.07, 6.45) is -0.240. The zero-order valence-corrected chi connectivity index (χ0v) is 19.3. The first-order valence-electron chi connectivity index (χ1n) is 10.7. The highest BCUT2D eigenvalue weighted by molar-refractivity contribution is 7.89. The monoisotopic (exact) mass is 474 g/mol. The Hall–Kier alpha value is -3.11. The molecule has 4 rings (SSSR count). The molecule has 0 aromatic heterocycles. The molecule has 2 aliphatic rings. The molecule has 2 heterocycles. The third-order valence-electron chi connectivity index (χ3n) is 5.71. The Morgan fingerprint density at radius 1 is 1.09 bits per heavy atom. The SMILES string of the molecule is C[C@@H](OC(=O)[C@@H]1CCCN1S(=O)(=O)c1ccc2c(c1)OCCO2)C(=O)N(C)c1ccccc1. The minimum Gasteiger partial charge on any atom is -0.486 e. The van der Waals surface area contributed by atoms with Gasteiger partial charge >= 0.3 is 5.97 Å². The number of likely N-dealkylation sites (N-methyl/N-ethyl adjacent to an activating group) is 1. The number of carbonyl (C=O) groups is 2. The van der Waals surface area contributed by atoms with Gasteiger partial charge in [-0.3, -0.25) is 9.59 Å². The number of ether oxygens (including phenoxy) is 3. The molecule has 33 heavy (non-hydrogen) atoms. The van der Waals surface area contributed by atoms with Crippen LogP contribution in [0.4, 0.5) is 5.69 Å². The Labute approximate surface area is 192 Å². The summed E-state index contributed by atoms with van der Waals surface area (Å²) in [4.78, 5) is 27.0. The van der Waals surface area contributed by atoms with Crippen LogP contribution >= 0.6 is 0 Å². The van der Waals surface area contributed by atoms with E-state index in [-0.39, 0.29) is 11.4 Å². The van der Waals surface area contributed by atoms with Gasteiger partial charge in [-0.05, 0) is 44.0 Å². The summed E-state index contributed by atoms with van der Waals surface area (Å²) in [5, 5.41) is 0. The minimum atomic E-state index is -3.98. The van der Waals surface area contributed by atoms with Crippen LogP contribution in [0.3, 0.4) is 0 Å². The van der Waals surface area contributed by atoms with E-state index in [1.54, 1.807) is 37.4 Å². The average Bonchev–Trinajstić information content (AvgIpc) is 3.34. The fraction of sp³-hybridized carbons (Fsp3) is 0.391. The van der Waals surface area contributed by atoms with Crippen molar-refractivity contribution in [3.8, 4) is 11.5 Å². The fourth-order valence-corrected chi connectivity index (χ4v) is 5.60. The largest absolute Gasteiger partial charge is 0.486 e. The lowest BCUT2D eigenvalue weighted by atomic mass is 10.2. The Morgan fingerprint density at radius 2 is 1.79 bits per heavy atom. The summed E-state index contributed by atoms with van der Waals surface area (Å²) < 4.78 is 44.1. The third kappa shape index (κ3) is 4.67. The summed E-state index contributed by atoms with van der Waals surface area (Å²) in [5.41, 5.74) is 0.661. The molecule has 9 nitrogen and oxygen atoms in total. The molecule has 0 spiro atoms. The molecule has 10 heteroatoms. The molecule has 2 aromatic carbocycles. The van der Waals surface area contributed by atoms with Crippen LogP contribution in [0, 0.1) is 0 Å². The van der Waals surface area contributed by atoms with Gasteiger partial charge in [0.05, 0.1) is 4.90 Å². The molecule has 0 radical (unpaired) electrons. The molecule has 2 aliphatic heterocycles. The molecular formula is C23H26N2O7S. The van der Waals surface area contributed by atoms with E-state index in [0.717, 1.165) is 4.31 Å². The second-order valence-electron chi connectivity index (χ2n) is 7.89. The number of para-hydroxylation sites is 1. The van der Waals surface area contributed by atoms with Crippen molar-refractivity contribution >= 4 is 27.6 Å². The number of fused-ring (bicyclic) bond motifs is 1. The highest BCUT2D eigenvalue weighted by Gasteiger charge is 2.41. The number of esters is 1. The second-order valence-corrected chi connectivity index (χ2v) is 9.78. The van der Waals surface area contributed by atoms with Crippen molar-refractivity contribution in [3.63, 3.8) is 0 Å². The second kappa shape index (κ2) is 9.40. The lowest BCUT2D eigenvalue weighted by Gasteiger charge is -2.26. The van der Waals surface area contributed by atoms with Gasteiger partial charge < -0.3 is 19.1 Å². The third-order valence-corrected chi connectivity index (χ3v) is 7.61. The molecule has 0 aliphatic carbocycles. The van der Waals surface area contributed by atoms with Gasteiger partial charge in [-0.1, -0.05) is 18.2 Å². The Bertz CT molecular complexity index is 1140. The van der Waals surface area contributed by atoms with E-state index in [9.17, 15) is 18.0 Å². The van der Waals surface area contributed by atoms with E-state index in [1.165, 1.54) is 24.0 Å². The number of benzene rings is 2. The Balaban J connectivity index is 1.47. The number of nitrogens with zero attached hydrogens (tertiary/aromatic N) is 2. The van der Waals surface area contributed by atoms with Crippen LogP contribution in [0.1, 0.15) is 19.8 Å². The van der Waals surface area contributed by atoms with Crippen molar-refractivity contribution in [2.75, 3.05) is 31.7 Å². The fourth-order valence-electron chi connectivity index (χ4n) is 3.94. The van der Waals surface area contributed by atoms with Crippen LogP contribution in [0.25, 0.3) is 0 Å². The topological polar surface area (TPSA) is 102 Å². The Morgan fingerprint density at radius 3 is 2.52 bits per heavy atom. The molecule has 1 amide bonds. The van der Waals surface area contributed by atoms with Gasteiger partial charge in [-0.25, -0.2) is 8.42 Å². The maximum atomic E-state index is 13.3. The smallest absolute Gasteiger partial charge is 0.325 e. The molecule has 1 fully saturated rings. The van der Waals surface area contributed by atoms with Crippen molar-refractivity contribution < 1.29 is 32.2 Å². The number of anilines is 1. The van der Waals surface area contributed by atoms with Gasteiger partial charge in [-0.2, -0.15) is 4.31 Å². The summed E-state index contributed by atoms with van der Waals surface area (Å²) >= 11 is 0. The lowest BCUT2D eigenvalue weighted by Crippen LogP contribution is -2.44. The predicted molar refractivity (Wildman–Crippen MR) is 120 cm³/mol. The lowest BCUT2D eigenvalue weighted by molar-refractivity contribution is -0.156. The molecule has 0 saturated carbocycles. The van der Waals surface area contributed by atoms with Crippen LogP contribution in [0.2, 0.25) is 0 Å². The zero-order chi connectivity index (χ0) is 23.6. The summed E-state index contributed by atoms with van der Waals surface area (Å²) in [7, 11) is -2.39. The van der Waals surface area contributed by atoms with Gasteiger partial charge in [-0.15, -0.1) is 0 Å². The maximum Gasteiger partial charge on any atom is 0.325 e. The van der Waals surface area contributed by atoms with Gasteiger partial charge in [0, 0.05) is 25.3 Å². The summed E-state index contributed by atoms with van der Waals surface area (Å²) in [5.74, 6) is -0.319. The summed E-state index contributed by atoms with van der Waals surface area (Å²) in [6, 6.07) is 12.4. The van der Waals surface area contributed by atoms with E-state index in [1.807, 2.05) is 6.07 Å². The number of amides is 1. The van der Waals surface area contributed by atoms with Crippen molar-refractivity contribution in [1.82, 2.24) is 4.31 Å². The molecular weight excluding hydrogens is 448 g/mol. The summed E-state index contributed by atoms with van der Waals surface area (Å²) in [6.45, 7) is 2.39. The van der Waals surface area contributed by atoms with E-state index in [2.05, 4.69) is 0 Å². The van der Waals surface area contributed by atoms with Gasteiger partial charge in [0.25, 0.3) is 5.91 Å². The maximum absolute atomic E-state index is 13.3. The van der Waals surface area contributed by atoms with E-state index < -0.39 is 34.0 Å². The predicted octanol–water partition coefficient (Wildman–Crippen LogP) is 2.21. The Kier molecular flexibility index (Phi) is 6.57. The van der Waals surface area contributed by atoms with Crippen LogP contribution in [0.15, 0.2) is 53.4 Å². The van der Waals surface area contributed by atoms with Gasteiger partial charge in [0.1, 0.15) is 19.3 Å². The molecule has 1 saturated heterocycles. The number of rotatable bonds is 6. The first kappa shape index (κ1) is 23.1. The first-order valence-corrected chi connectivity index (χ1v) is 12.2.